The summed E-state index contributed by atoms with van der Waals surface area (Å²) in [5.74, 6) is 0.909. The van der Waals surface area contributed by atoms with Crippen molar-refractivity contribution in [2.24, 2.45) is 0 Å². The molecule has 0 bridgehead atoms. The largest absolute Gasteiger partial charge is 0.497 e. The number of benzene rings is 1. The lowest BCUT2D eigenvalue weighted by molar-refractivity contribution is 0.415. The second kappa shape index (κ2) is 4.63. The first kappa shape index (κ1) is 11.0. The molecule has 2 aromatic rings. The van der Waals surface area contributed by atoms with Gasteiger partial charge in [0.2, 0.25) is 0 Å². The van der Waals surface area contributed by atoms with Crippen LogP contribution in [-0.2, 0) is 6.42 Å². The maximum absolute atomic E-state index is 5.23. The Labute approximate surface area is 105 Å². The van der Waals surface area contributed by atoms with Crippen LogP contribution in [0.1, 0.15) is 17.8 Å². The zero-order valence-corrected chi connectivity index (χ0v) is 10.7. The Kier molecular flexibility index (Phi) is 2.99. The Morgan fingerprint density at radius 2 is 2.47 bits per heavy atom. The van der Waals surface area contributed by atoms with Crippen LogP contribution >= 0.6 is 11.3 Å². The molecule has 4 heteroatoms. The highest BCUT2D eigenvalue weighted by Gasteiger charge is 2.16. The van der Waals surface area contributed by atoms with E-state index in [-0.39, 0.29) is 0 Å². The van der Waals surface area contributed by atoms with Crippen molar-refractivity contribution in [2.45, 2.75) is 25.3 Å². The van der Waals surface area contributed by atoms with Crippen molar-refractivity contribution in [2.75, 3.05) is 13.7 Å². The molecule has 0 spiro atoms. The molecule has 3 rings (SSSR count). The molecule has 0 saturated carbocycles. The van der Waals surface area contributed by atoms with Crippen LogP contribution in [0.15, 0.2) is 18.2 Å². The number of nitrogens with zero attached hydrogens (tertiary/aromatic N) is 1. The summed E-state index contributed by atoms with van der Waals surface area (Å²) < 4.78 is 6.45. The Bertz CT molecular complexity index is 517. The molecule has 90 valence electrons. The second-order valence-corrected chi connectivity index (χ2v) is 5.55. The topological polar surface area (TPSA) is 34.1 Å². The van der Waals surface area contributed by atoms with E-state index in [2.05, 4.69) is 16.4 Å². The fourth-order valence-electron chi connectivity index (χ4n) is 2.31. The van der Waals surface area contributed by atoms with Gasteiger partial charge in [-0.2, -0.15) is 0 Å². The average molecular weight is 248 g/mol. The van der Waals surface area contributed by atoms with Crippen LogP contribution in [0.4, 0.5) is 0 Å². The van der Waals surface area contributed by atoms with Crippen molar-refractivity contribution in [1.82, 2.24) is 10.3 Å². The van der Waals surface area contributed by atoms with Gasteiger partial charge in [-0.3, -0.25) is 0 Å². The summed E-state index contributed by atoms with van der Waals surface area (Å²) in [4.78, 5) is 4.67. The lowest BCUT2D eigenvalue weighted by atomic mass is 10.2. The van der Waals surface area contributed by atoms with Gasteiger partial charge in [-0.1, -0.05) is 0 Å². The van der Waals surface area contributed by atoms with Gasteiger partial charge in [-0.25, -0.2) is 4.98 Å². The fraction of sp³-hybridized carbons (Fsp3) is 0.462. The molecule has 0 aliphatic carbocycles. The van der Waals surface area contributed by atoms with E-state index in [4.69, 9.17) is 4.74 Å². The van der Waals surface area contributed by atoms with Gasteiger partial charge >= 0.3 is 0 Å². The summed E-state index contributed by atoms with van der Waals surface area (Å²) in [7, 11) is 1.70. The molecule has 1 aromatic carbocycles. The zero-order valence-electron chi connectivity index (χ0n) is 9.90. The third kappa shape index (κ3) is 2.28. The van der Waals surface area contributed by atoms with Gasteiger partial charge in [0.25, 0.3) is 0 Å². The van der Waals surface area contributed by atoms with Crippen molar-refractivity contribution in [1.29, 1.82) is 0 Å². The number of ether oxygens (including phenoxy) is 1. The molecular formula is C13H16N2OS. The number of fused-ring (bicyclic) bond motifs is 1. The first-order valence-corrected chi connectivity index (χ1v) is 6.83. The molecular weight excluding hydrogens is 232 g/mol. The molecule has 0 amide bonds. The van der Waals surface area contributed by atoms with Crippen LogP contribution in [0.5, 0.6) is 5.75 Å². The molecule has 3 nitrogen and oxygen atoms in total. The number of thiazole rings is 1. The smallest absolute Gasteiger partial charge is 0.120 e. The van der Waals surface area contributed by atoms with Crippen molar-refractivity contribution >= 4 is 21.6 Å². The SMILES string of the molecule is COc1ccc2nc(CC3CCCN3)sc2c1. The Balaban J connectivity index is 1.85. The van der Waals surface area contributed by atoms with Crippen LogP contribution in [0.25, 0.3) is 10.2 Å². The van der Waals surface area contributed by atoms with E-state index >= 15 is 0 Å². The summed E-state index contributed by atoms with van der Waals surface area (Å²) in [6.07, 6.45) is 3.63. The predicted molar refractivity (Wildman–Crippen MR) is 70.9 cm³/mol. The van der Waals surface area contributed by atoms with E-state index < -0.39 is 0 Å². The minimum Gasteiger partial charge on any atom is -0.497 e. The van der Waals surface area contributed by atoms with E-state index in [0.717, 1.165) is 24.2 Å². The number of aromatic nitrogens is 1. The van der Waals surface area contributed by atoms with Gasteiger partial charge in [-0.05, 0) is 37.6 Å². The molecule has 2 heterocycles. The van der Waals surface area contributed by atoms with Gasteiger partial charge in [0, 0.05) is 12.5 Å². The summed E-state index contributed by atoms with van der Waals surface area (Å²) in [5.41, 5.74) is 1.09. The van der Waals surface area contributed by atoms with Crippen LogP contribution in [0, 0.1) is 0 Å². The standard InChI is InChI=1S/C13H16N2OS/c1-16-10-4-5-11-12(8-10)17-13(15-11)7-9-3-2-6-14-9/h4-5,8-9,14H,2-3,6-7H2,1H3. The third-order valence-corrected chi connectivity index (χ3v) is 4.26. The van der Waals surface area contributed by atoms with Crippen LogP contribution < -0.4 is 10.1 Å². The third-order valence-electron chi connectivity index (χ3n) is 3.22. The van der Waals surface area contributed by atoms with Gasteiger partial charge < -0.3 is 10.1 Å². The Morgan fingerprint density at radius 3 is 3.24 bits per heavy atom. The molecule has 1 unspecified atom stereocenters. The van der Waals surface area contributed by atoms with E-state index in [1.165, 1.54) is 22.5 Å². The number of methoxy groups -OCH3 is 1. The highest BCUT2D eigenvalue weighted by molar-refractivity contribution is 7.18. The van der Waals surface area contributed by atoms with Gasteiger partial charge in [-0.15, -0.1) is 11.3 Å². The molecule has 1 aromatic heterocycles. The summed E-state index contributed by atoms with van der Waals surface area (Å²) in [6, 6.07) is 6.70. The van der Waals surface area contributed by atoms with Crippen LogP contribution in [0.3, 0.4) is 0 Å². The van der Waals surface area contributed by atoms with Crippen molar-refractivity contribution in [3.63, 3.8) is 0 Å². The van der Waals surface area contributed by atoms with Crippen molar-refractivity contribution in [3.8, 4) is 5.75 Å². The number of hydrogen-bond acceptors (Lipinski definition) is 4. The van der Waals surface area contributed by atoms with Gasteiger partial charge in [0.15, 0.2) is 0 Å². The lowest BCUT2D eigenvalue weighted by Gasteiger charge is -2.05. The first-order valence-electron chi connectivity index (χ1n) is 6.02. The van der Waals surface area contributed by atoms with E-state index in [1.807, 2.05) is 12.1 Å². The fourth-order valence-corrected chi connectivity index (χ4v) is 3.38. The summed E-state index contributed by atoms with van der Waals surface area (Å²) in [5, 5.41) is 4.74. The lowest BCUT2D eigenvalue weighted by Crippen LogP contribution is -2.23. The quantitative estimate of drug-likeness (QED) is 0.906. The van der Waals surface area contributed by atoms with E-state index in [0.29, 0.717) is 6.04 Å². The monoisotopic (exact) mass is 248 g/mol. The van der Waals surface area contributed by atoms with Crippen molar-refractivity contribution in [3.05, 3.63) is 23.2 Å². The molecule has 1 atom stereocenters. The summed E-state index contributed by atoms with van der Waals surface area (Å²) in [6.45, 7) is 1.16. The molecule has 1 fully saturated rings. The Morgan fingerprint density at radius 1 is 1.53 bits per heavy atom. The maximum Gasteiger partial charge on any atom is 0.120 e. The minimum absolute atomic E-state index is 0.623. The summed E-state index contributed by atoms with van der Waals surface area (Å²) >= 11 is 1.78. The molecule has 1 aliphatic heterocycles. The normalized spacial score (nSPS) is 19.9. The Hall–Kier alpha value is -1.13. The number of nitrogens with one attached hydrogen (secondary N) is 1. The molecule has 1 aliphatic rings. The predicted octanol–water partition coefficient (Wildman–Crippen LogP) is 2.60. The zero-order chi connectivity index (χ0) is 11.7. The average Bonchev–Trinajstić information content (AvgIpc) is 2.96. The van der Waals surface area contributed by atoms with Crippen LogP contribution in [0.2, 0.25) is 0 Å². The minimum atomic E-state index is 0.623. The highest BCUT2D eigenvalue weighted by atomic mass is 32.1. The molecule has 1 N–H and O–H groups in total. The highest BCUT2D eigenvalue weighted by Crippen LogP contribution is 2.27. The molecule has 1 saturated heterocycles. The molecule has 17 heavy (non-hydrogen) atoms. The second-order valence-electron chi connectivity index (χ2n) is 4.44. The number of rotatable bonds is 3. The van der Waals surface area contributed by atoms with Gasteiger partial charge in [0.05, 0.1) is 22.3 Å². The van der Waals surface area contributed by atoms with E-state index in [9.17, 15) is 0 Å². The first-order chi connectivity index (χ1) is 8.35. The van der Waals surface area contributed by atoms with Gasteiger partial charge in [0.1, 0.15) is 5.75 Å². The van der Waals surface area contributed by atoms with Crippen molar-refractivity contribution < 1.29 is 4.74 Å². The van der Waals surface area contributed by atoms with E-state index in [1.54, 1.807) is 18.4 Å². The number of hydrogen-bond donors (Lipinski definition) is 1. The maximum atomic E-state index is 5.23. The molecule has 0 radical (unpaired) electrons. The van der Waals surface area contributed by atoms with Crippen LogP contribution in [-0.4, -0.2) is 24.7 Å².